The first kappa shape index (κ1) is 11.4. The largest absolute Gasteiger partial charge is 0.383 e. The number of fused-ring (bicyclic) bond motifs is 2. The number of rotatable bonds is 3. The minimum atomic E-state index is 0.855. The number of hydrogen-bond donors (Lipinski definition) is 1. The molecule has 3 rings (SSSR count). The normalized spacial score (nSPS) is 30.8. The Labute approximate surface area is 109 Å². The molecule has 2 aliphatic rings. The molecule has 0 radical (unpaired) electrons. The van der Waals surface area contributed by atoms with Gasteiger partial charge in [0.1, 0.15) is 0 Å². The molecule has 2 fully saturated rings. The fourth-order valence-corrected chi connectivity index (χ4v) is 4.00. The molecule has 1 aromatic rings. The van der Waals surface area contributed by atoms with Gasteiger partial charge < -0.3 is 5.32 Å². The van der Waals surface area contributed by atoms with Gasteiger partial charge in [-0.15, -0.1) is 0 Å². The molecule has 0 aromatic heterocycles. The van der Waals surface area contributed by atoms with Crippen LogP contribution in [-0.4, -0.2) is 6.54 Å². The van der Waals surface area contributed by atoms with E-state index in [0.29, 0.717) is 0 Å². The zero-order valence-corrected chi connectivity index (χ0v) is 11.1. The summed E-state index contributed by atoms with van der Waals surface area (Å²) in [6, 6.07) is 6.10. The summed E-state index contributed by atoms with van der Waals surface area (Å²) in [4.78, 5) is 0. The summed E-state index contributed by atoms with van der Waals surface area (Å²) in [5.74, 6) is 2.89. The van der Waals surface area contributed by atoms with Gasteiger partial charge in [-0.2, -0.15) is 0 Å². The summed E-state index contributed by atoms with van der Waals surface area (Å²) < 4.78 is 0. The maximum atomic E-state index is 6.23. The van der Waals surface area contributed by atoms with E-state index in [1.807, 2.05) is 12.1 Å². The van der Waals surface area contributed by atoms with Crippen molar-refractivity contribution in [2.24, 2.45) is 17.8 Å². The minimum absolute atomic E-state index is 0.855. The van der Waals surface area contributed by atoms with Crippen LogP contribution in [0.25, 0.3) is 0 Å². The Balaban J connectivity index is 1.64. The van der Waals surface area contributed by atoms with E-state index in [-0.39, 0.29) is 0 Å². The highest BCUT2D eigenvalue weighted by Gasteiger charge is 2.39. The lowest BCUT2D eigenvalue weighted by molar-refractivity contribution is 0.348. The average Bonchev–Trinajstić information content (AvgIpc) is 2.90. The third kappa shape index (κ3) is 2.18. The number of hydrogen-bond acceptors (Lipinski definition) is 1. The van der Waals surface area contributed by atoms with Crippen LogP contribution in [-0.2, 0) is 0 Å². The standard InChI is InChI=1S/C15H20ClN/c1-10-3-2-4-14(16)15(10)17-9-13-8-11-5-6-12(13)7-11/h2-4,11-13,17H,5-9H2,1H3. The maximum absolute atomic E-state index is 6.23. The van der Waals surface area contributed by atoms with E-state index < -0.39 is 0 Å². The number of halogens is 1. The molecule has 0 saturated heterocycles. The first-order valence-electron chi connectivity index (χ1n) is 6.73. The Kier molecular flexibility index (Phi) is 3.04. The molecule has 1 N–H and O–H groups in total. The number of benzene rings is 1. The smallest absolute Gasteiger partial charge is 0.0640 e. The fraction of sp³-hybridized carbons (Fsp3) is 0.600. The Bertz CT molecular complexity index is 395. The Morgan fingerprint density at radius 2 is 2.18 bits per heavy atom. The molecular formula is C15H20ClN. The fourth-order valence-electron chi connectivity index (χ4n) is 3.72. The molecule has 0 amide bonds. The van der Waals surface area contributed by atoms with Gasteiger partial charge >= 0.3 is 0 Å². The summed E-state index contributed by atoms with van der Waals surface area (Å²) in [5, 5.41) is 4.43. The lowest BCUT2D eigenvalue weighted by Crippen LogP contribution is -2.20. The zero-order valence-electron chi connectivity index (χ0n) is 10.4. The van der Waals surface area contributed by atoms with Crippen molar-refractivity contribution in [1.82, 2.24) is 0 Å². The molecule has 1 aromatic carbocycles. The molecule has 17 heavy (non-hydrogen) atoms. The molecule has 0 aliphatic heterocycles. The van der Waals surface area contributed by atoms with Crippen LogP contribution >= 0.6 is 11.6 Å². The lowest BCUT2D eigenvalue weighted by atomic mass is 9.89. The first-order chi connectivity index (χ1) is 8.24. The van der Waals surface area contributed by atoms with Gasteiger partial charge in [0.15, 0.2) is 0 Å². The predicted octanol–water partition coefficient (Wildman–Crippen LogP) is 4.50. The molecule has 2 bridgehead atoms. The van der Waals surface area contributed by atoms with Gasteiger partial charge in [-0.1, -0.05) is 30.2 Å². The maximum Gasteiger partial charge on any atom is 0.0640 e. The molecular weight excluding hydrogens is 230 g/mol. The molecule has 0 heterocycles. The van der Waals surface area contributed by atoms with Crippen molar-refractivity contribution in [3.63, 3.8) is 0 Å². The van der Waals surface area contributed by atoms with E-state index in [2.05, 4.69) is 18.3 Å². The topological polar surface area (TPSA) is 12.0 Å². The van der Waals surface area contributed by atoms with Crippen molar-refractivity contribution in [1.29, 1.82) is 0 Å². The van der Waals surface area contributed by atoms with Gasteiger partial charge in [0.2, 0.25) is 0 Å². The molecule has 92 valence electrons. The summed E-state index contributed by atoms with van der Waals surface area (Å²) in [7, 11) is 0. The number of nitrogens with one attached hydrogen (secondary N) is 1. The average molecular weight is 250 g/mol. The van der Waals surface area contributed by atoms with Gasteiger partial charge in [0.05, 0.1) is 10.7 Å². The summed E-state index contributed by atoms with van der Waals surface area (Å²) in [6.45, 7) is 3.22. The van der Waals surface area contributed by atoms with E-state index >= 15 is 0 Å². The SMILES string of the molecule is Cc1cccc(Cl)c1NCC1CC2CCC1C2. The van der Waals surface area contributed by atoms with Gasteiger partial charge in [-0.25, -0.2) is 0 Å². The second-order valence-electron chi connectivity index (χ2n) is 5.75. The van der Waals surface area contributed by atoms with Crippen LogP contribution in [0.5, 0.6) is 0 Å². The minimum Gasteiger partial charge on any atom is -0.383 e. The zero-order chi connectivity index (χ0) is 11.8. The third-order valence-corrected chi connectivity index (χ3v) is 4.96. The number of para-hydroxylation sites is 1. The van der Waals surface area contributed by atoms with Crippen LogP contribution in [0.4, 0.5) is 5.69 Å². The van der Waals surface area contributed by atoms with Gasteiger partial charge in [0, 0.05) is 6.54 Å². The molecule has 2 saturated carbocycles. The van der Waals surface area contributed by atoms with Crippen molar-refractivity contribution in [3.05, 3.63) is 28.8 Å². The lowest BCUT2D eigenvalue weighted by Gasteiger charge is -2.23. The van der Waals surface area contributed by atoms with Crippen LogP contribution in [0.1, 0.15) is 31.2 Å². The molecule has 3 unspecified atom stereocenters. The van der Waals surface area contributed by atoms with E-state index in [4.69, 9.17) is 11.6 Å². The molecule has 2 heteroatoms. The Morgan fingerprint density at radius 3 is 2.82 bits per heavy atom. The van der Waals surface area contributed by atoms with Crippen molar-refractivity contribution < 1.29 is 0 Å². The van der Waals surface area contributed by atoms with Gasteiger partial charge in [-0.3, -0.25) is 0 Å². The second kappa shape index (κ2) is 4.53. The molecule has 1 nitrogen and oxygen atoms in total. The monoisotopic (exact) mass is 249 g/mol. The molecule has 3 atom stereocenters. The van der Waals surface area contributed by atoms with Crippen molar-refractivity contribution in [2.45, 2.75) is 32.6 Å². The molecule has 0 spiro atoms. The Morgan fingerprint density at radius 1 is 1.29 bits per heavy atom. The summed E-state index contributed by atoms with van der Waals surface area (Å²) >= 11 is 6.23. The van der Waals surface area contributed by atoms with Crippen molar-refractivity contribution in [3.8, 4) is 0 Å². The predicted molar refractivity (Wildman–Crippen MR) is 73.6 cm³/mol. The van der Waals surface area contributed by atoms with Crippen molar-refractivity contribution in [2.75, 3.05) is 11.9 Å². The van der Waals surface area contributed by atoms with Crippen LogP contribution in [0.15, 0.2) is 18.2 Å². The number of aryl methyl sites for hydroxylation is 1. The third-order valence-electron chi connectivity index (χ3n) is 4.65. The van der Waals surface area contributed by atoms with Crippen LogP contribution in [0.2, 0.25) is 5.02 Å². The summed E-state index contributed by atoms with van der Waals surface area (Å²) in [5.41, 5.74) is 2.39. The van der Waals surface area contributed by atoms with Gasteiger partial charge in [-0.05, 0) is 55.6 Å². The van der Waals surface area contributed by atoms with E-state index in [9.17, 15) is 0 Å². The quantitative estimate of drug-likeness (QED) is 0.832. The first-order valence-corrected chi connectivity index (χ1v) is 7.11. The van der Waals surface area contributed by atoms with E-state index in [1.54, 1.807) is 0 Å². The highest BCUT2D eigenvalue weighted by atomic mass is 35.5. The second-order valence-corrected chi connectivity index (χ2v) is 6.15. The highest BCUT2D eigenvalue weighted by molar-refractivity contribution is 6.33. The highest BCUT2D eigenvalue weighted by Crippen LogP contribution is 2.48. The van der Waals surface area contributed by atoms with Crippen molar-refractivity contribution >= 4 is 17.3 Å². The van der Waals surface area contributed by atoms with E-state index in [1.165, 1.54) is 31.2 Å². The van der Waals surface area contributed by atoms with Gasteiger partial charge in [0.25, 0.3) is 0 Å². The van der Waals surface area contributed by atoms with Crippen LogP contribution < -0.4 is 5.32 Å². The van der Waals surface area contributed by atoms with Crippen LogP contribution in [0.3, 0.4) is 0 Å². The summed E-state index contributed by atoms with van der Waals surface area (Å²) in [6.07, 6.45) is 5.85. The Hall–Kier alpha value is -0.690. The molecule has 2 aliphatic carbocycles. The van der Waals surface area contributed by atoms with E-state index in [0.717, 1.165) is 35.0 Å². The number of anilines is 1. The van der Waals surface area contributed by atoms with Crippen LogP contribution in [0, 0.1) is 24.7 Å².